The smallest absolute Gasteiger partial charge is 0.271 e. The van der Waals surface area contributed by atoms with Gasteiger partial charge in [0, 0.05) is 49.8 Å². The van der Waals surface area contributed by atoms with E-state index >= 15 is 0 Å². The van der Waals surface area contributed by atoms with E-state index in [4.69, 9.17) is 34.7 Å². The Morgan fingerprint density at radius 2 is 1.88 bits per heavy atom. The minimum Gasteiger partial charge on any atom is -0.392 e. The zero-order chi connectivity index (χ0) is 29.7. The van der Waals surface area contributed by atoms with Crippen molar-refractivity contribution in [1.82, 2.24) is 25.1 Å². The molecule has 1 aromatic carbocycles. The highest BCUT2D eigenvalue weighted by molar-refractivity contribution is 6.32. The van der Waals surface area contributed by atoms with E-state index in [-0.39, 0.29) is 35.5 Å². The van der Waals surface area contributed by atoms with Crippen LogP contribution in [0.25, 0.3) is 0 Å². The van der Waals surface area contributed by atoms with Gasteiger partial charge in [0.1, 0.15) is 0 Å². The van der Waals surface area contributed by atoms with Crippen molar-refractivity contribution in [2.75, 3.05) is 49.9 Å². The van der Waals surface area contributed by atoms with Crippen LogP contribution in [0.4, 0.5) is 11.6 Å². The van der Waals surface area contributed by atoms with Crippen LogP contribution in [-0.2, 0) is 17.8 Å². The maximum atomic E-state index is 12.4. The number of amides is 2. The number of hydrogen-bond donors (Lipinski definition) is 4. The quantitative estimate of drug-likeness (QED) is 0.318. The summed E-state index contributed by atoms with van der Waals surface area (Å²) in [6.45, 7) is 9.06. The van der Waals surface area contributed by atoms with E-state index in [1.807, 2.05) is 18.2 Å². The number of piperazine rings is 1. The van der Waals surface area contributed by atoms with Crippen LogP contribution in [0.15, 0.2) is 18.2 Å². The number of piperidine rings is 1. The first-order chi connectivity index (χ1) is 19.5. The Kier molecular flexibility index (Phi) is 10.6. The van der Waals surface area contributed by atoms with Gasteiger partial charge in [-0.05, 0) is 62.5 Å². The van der Waals surface area contributed by atoms with Gasteiger partial charge >= 0.3 is 0 Å². The minimum atomic E-state index is -0.753. The number of nitrogens with zero attached hydrogens (tertiary/aromatic N) is 5. The molecule has 4 rings (SSSR count). The van der Waals surface area contributed by atoms with E-state index in [0.717, 1.165) is 69.7 Å². The Bertz CT molecular complexity index is 1240. The van der Waals surface area contributed by atoms with Gasteiger partial charge in [0.2, 0.25) is 5.91 Å². The third-order valence-corrected chi connectivity index (χ3v) is 8.42. The fourth-order valence-corrected chi connectivity index (χ4v) is 6.21. The highest BCUT2D eigenvalue weighted by Crippen LogP contribution is 2.30. The summed E-state index contributed by atoms with van der Waals surface area (Å²) in [7, 11) is 0. The average molecular weight is 608 g/mol. The van der Waals surface area contributed by atoms with Crippen LogP contribution < -0.4 is 21.7 Å². The third-order valence-electron chi connectivity index (χ3n) is 7.93. The molecule has 13 heteroatoms. The van der Waals surface area contributed by atoms with Crippen LogP contribution in [0.3, 0.4) is 0 Å². The molecule has 2 aliphatic rings. The molecule has 6 N–H and O–H groups in total. The first-order valence-electron chi connectivity index (χ1n) is 14.1. The predicted octanol–water partition coefficient (Wildman–Crippen LogP) is 2.07. The molecule has 1 aromatic heterocycles. The van der Waals surface area contributed by atoms with Crippen molar-refractivity contribution in [3.63, 3.8) is 0 Å². The van der Waals surface area contributed by atoms with Crippen molar-refractivity contribution in [1.29, 1.82) is 0 Å². The molecular weight excluding hydrogens is 567 g/mol. The van der Waals surface area contributed by atoms with Crippen LogP contribution >= 0.6 is 23.2 Å². The number of aliphatic hydroxyl groups is 1. The lowest BCUT2D eigenvalue weighted by atomic mass is 9.97. The zero-order valence-corrected chi connectivity index (χ0v) is 25.2. The largest absolute Gasteiger partial charge is 0.392 e. The normalized spacial score (nSPS) is 19.7. The number of aliphatic hydroxyl groups excluding tert-OH is 1. The maximum Gasteiger partial charge on any atom is 0.271 e. The Labute approximate surface area is 251 Å². The number of carbonyl (C=O) groups is 2. The predicted molar refractivity (Wildman–Crippen MR) is 161 cm³/mol. The molecule has 11 nitrogen and oxygen atoms in total. The minimum absolute atomic E-state index is 0.0102. The molecule has 2 atom stereocenters. The van der Waals surface area contributed by atoms with Crippen molar-refractivity contribution in [3.8, 4) is 0 Å². The average Bonchev–Trinajstić information content (AvgIpc) is 2.94. The summed E-state index contributed by atoms with van der Waals surface area (Å²) in [5.74, 6) is -0.405. The lowest BCUT2D eigenvalue weighted by molar-refractivity contribution is -0.120. The SMILES string of the molecule is CC[C@H]1CN(c2nc(N)c(C(N)=O)nc2Cl)CCN1C1CCN(Cc2ccc(Cl)cc2CC(=O)NCC(C)O)CC1. The van der Waals surface area contributed by atoms with E-state index in [1.54, 1.807) is 6.92 Å². The number of benzene rings is 1. The summed E-state index contributed by atoms with van der Waals surface area (Å²) in [5, 5.41) is 13.0. The van der Waals surface area contributed by atoms with Crippen molar-refractivity contribution in [2.24, 2.45) is 5.73 Å². The van der Waals surface area contributed by atoms with Crippen LogP contribution in [0, 0.1) is 0 Å². The molecule has 0 spiro atoms. The Balaban J connectivity index is 1.34. The lowest BCUT2D eigenvalue weighted by Crippen LogP contribution is -2.58. The van der Waals surface area contributed by atoms with Gasteiger partial charge in [-0.2, -0.15) is 0 Å². The molecule has 2 aromatic rings. The van der Waals surface area contributed by atoms with Crippen LogP contribution in [0.2, 0.25) is 10.2 Å². The molecule has 0 bridgehead atoms. The lowest BCUT2D eigenvalue weighted by Gasteiger charge is -2.47. The molecule has 0 radical (unpaired) electrons. The number of hydrogen-bond acceptors (Lipinski definition) is 9. The van der Waals surface area contributed by atoms with Crippen LogP contribution in [0.5, 0.6) is 0 Å². The first kappa shape index (κ1) is 31.2. The summed E-state index contributed by atoms with van der Waals surface area (Å²) in [4.78, 5) is 39.6. The molecule has 41 heavy (non-hydrogen) atoms. The Morgan fingerprint density at radius 1 is 1.15 bits per heavy atom. The molecule has 1 unspecified atom stereocenters. The van der Waals surface area contributed by atoms with Gasteiger partial charge in [0.25, 0.3) is 5.91 Å². The molecule has 2 amide bonds. The van der Waals surface area contributed by atoms with Gasteiger partial charge in [-0.25, -0.2) is 9.97 Å². The number of nitrogen functional groups attached to an aromatic ring is 1. The topological polar surface area (TPSA) is 154 Å². The second kappa shape index (κ2) is 14.0. The number of likely N-dealkylation sites (tertiary alicyclic amines) is 1. The van der Waals surface area contributed by atoms with Gasteiger partial charge in [0.05, 0.1) is 12.5 Å². The van der Waals surface area contributed by atoms with Crippen LogP contribution in [-0.4, -0.2) is 94.1 Å². The summed E-state index contributed by atoms with van der Waals surface area (Å²) in [6.07, 6.45) is 2.72. The molecule has 0 saturated carbocycles. The number of primary amides is 1. The van der Waals surface area contributed by atoms with Crippen molar-refractivity contribution in [3.05, 3.63) is 45.2 Å². The summed E-state index contributed by atoms with van der Waals surface area (Å²) < 4.78 is 0. The number of anilines is 2. The molecule has 2 fully saturated rings. The van der Waals surface area contributed by atoms with Gasteiger partial charge in [-0.1, -0.05) is 36.2 Å². The Hall–Kier alpha value is -2.70. The second-order valence-electron chi connectivity index (χ2n) is 10.9. The van der Waals surface area contributed by atoms with Crippen molar-refractivity contribution >= 4 is 46.7 Å². The standard InChI is InChI=1S/C28H40Cl2N8O3/c1-3-21-16-37(28-25(30)34-24(27(32)41)26(31)35-28)10-11-38(21)22-6-8-36(9-7-22)15-18-4-5-20(29)12-19(18)13-23(40)33-14-17(2)39/h4-5,12,17,21-22,39H,3,6-11,13-16H2,1-2H3,(H2,31,35)(H2,32,41)(H,33,40)/t17?,21-/m0/s1. The molecule has 0 aliphatic carbocycles. The summed E-state index contributed by atoms with van der Waals surface area (Å²) in [5.41, 5.74) is 13.2. The van der Waals surface area contributed by atoms with Gasteiger partial charge in [0.15, 0.2) is 22.5 Å². The van der Waals surface area contributed by atoms with Gasteiger partial charge < -0.3 is 26.8 Å². The highest BCUT2D eigenvalue weighted by atomic mass is 35.5. The molecule has 2 saturated heterocycles. The Morgan fingerprint density at radius 3 is 2.54 bits per heavy atom. The number of halogens is 2. The van der Waals surface area contributed by atoms with E-state index in [2.05, 4.69) is 36.9 Å². The molecule has 224 valence electrons. The number of nitrogens with two attached hydrogens (primary N) is 2. The van der Waals surface area contributed by atoms with Crippen LogP contribution in [0.1, 0.15) is 54.7 Å². The number of carbonyl (C=O) groups excluding carboxylic acids is 2. The zero-order valence-electron chi connectivity index (χ0n) is 23.7. The van der Waals surface area contributed by atoms with E-state index in [0.29, 0.717) is 22.9 Å². The first-order valence-corrected chi connectivity index (χ1v) is 14.9. The molecule has 2 aliphatic heterocycles. The van der Waals surface area contributed by atoms with E-state index < -0.39 is 12.0 Å². The van der Waals surface area contributed by atoms with Gasteiger partial charge in [-0.15, -0.1) is 0 Å². The number of nitrogens with one attached hydrogen (secondary N) is 1. The summed E-state index contributed by atoms with van der Waals surface area (Å²) >= 11 is 12.6. The summed E-state index contributed by atoms with van der Waals surface area (Å²) in [6, 6.07) is 6.53. The fraction of sp³-hybridized carbons (Fsp3) is 0.571. The van der Waals surface area contributed by atoms with E-state index in [9.17, 15) is 14.7 Å². The van der Waals surface area contributed by atoms with Gasteiger partial charge in [-0.3, -0.25) is 19.4 Å². The van der Waals surface area contributed by atoms with E-state index in [1.165, 1.54) is 0 Å². The monoisotopic (exact) mass is 606 g/mol. The number of aromatic nitrogens is 2. The molecule has 3 heterocycles. The van der Waals surface area contributed by atoms with Crippen molar-refractivity contribution < 1.29 is 14.7 Å². The second-order valence-corrected chi connectivity index (χ2v) is 11.7. The molecular formula is C28H40Cl2N8O3. The fourth-order valence-electron chi connectivity index (χ4n) is 5.77. The third kappa shape index (κ3) is 7.98. The van der Waals surface area contributed by atoms with Crippen molar-refractivity contribution in [2.45, 2.75) is 64.3 Å². The number of rotatable bonds is 10. The highest BCUT2D eigenvalue weighted by Gasteiger charge is 2.34. The maximum absolute atomic E-state index is 12.4.